The number of amides is 2. The molecule has 0 saturated carbocycles. The van der Waals surface area contributed by atoms with Crippen molar-refractivity contribution in [3.05, 3.63) is 35.4 Å². The average molecular weight is 363 g/mol. The first kappa shape index (κ1) is 16.7. The van der Waals surface area contributed by atoms with E-state index in [0.29, 0.717) is 24.2 Å². The Morgan fingerprint density at radius 1 is 0.960 bits per heavy atom. The van der Waals surface area contributed by atoms with E-state index in [1.165, 1.54) is 4.90 Å². The van der Waals surface area contributed by atoms with Crippen LogP contribution in [-0.4, -0.2) is 85.3 Å². The molecule has 3 aliphatic heterocycles. The Morgan fingerprint density at radius 3 is 2.08 bits per heavy atom. The molecule has 0 bridgehead atoms. The van der Waals surface area contributed by atoms with Crippen molar-refractivity contribution in [3.63, 3.8) is 0 Å². The molecule has 0 unspecified atom stereocenters. The van der Waals surface area contributed by atoms with E-state index < -0.39 is 9.84 Å². The third-order valence-corrected chi connectivity index (χ3v) is 7.10. The monoisotopic (exact) mass is 363 g/mol. The van der Waals surface area contributed by atoms with Crippen LogP contribution in [0, 0.1) is 0 Å². The van der Waals surface area contributed by atoms with Gasteiger partial charge in [0.25, 0.3) is 11.8 Å². The van der Waals surface area contributed by atoms with Gasteiger partial charge in [-0.3, -0.25) is 24.3 Å². The minimum atomic E-state index is -2.87. The molecule has 0 radical (unpaired) electrons. The van der Waals surface area contributed by atoms with Gasteiger partial charge in [0.05, 0.1) is 29.3 Å². The number of carbonyl (C=O) groups excluding carboxylic acids is 2. The molecule has 1 aromatic rings. The van der Waals surface area contributed by atoms with E-state index >= 15 is 0 Å². The van der Waals surface area contributed by atoms with Crippen LogP contribution < -0.4 is 0 Å². The quantitative estimate of drug-likeness (QED) is 0.706. The van der Waals surface area contributed by atoms with Crippen molar-refractivity contribution in [3.8, 4) is 0 Å². The van der Waals surface area contributed by atoms with Gasteiger partial charge in [0, 0.05) is 32.2 Å². The number of fused-ring (bicyclic) bond motifs is 1. The molecule has 3 heterocycles. The smallest absolute Gasteiger partial charge is 0.262 e. The molecule has 7 nitrogen and oxygen atoms in total. The van der Waals surface area contributed by atoms with Crippen molar-refractivity contribution >= 4 is 21.7 Å². The van der Waals surface area contributed by atoms with Crippen LogP contribution in [0.4, 0.5) is 0 Å². The van der Waals surface area contributed by atoms with Gasteiger partial charge in [0.15, 0.2) is 9.84 Å². The second kappa shape index (κ2) is 6.19. The zero-order valence-electron chi connectivity index (χ0n) is 13.9. The van der Waals surface area contributed by atoms with Gasteiger partial charge < -0.3 is 0 Å². The summed E-state index contributed by atoms with van der Waals surface area (Å²) in [5.74, 6) is 0.0769. The summed E-state index contributed by atoms with van der Waals surface area (Å²) in [6.45, 7) is 3.28. The zero-order chi connectivity index (χ0) is 17.6. The van der Waals surface area contributed by atoms with E-state index in [0.717, 1.165) is 26.2 Å². The van der Waals surface area contributed by atoms with Crippen molar-refractivity contribution in [1.29, 1.82) is 0 Å². The Morgan fingerprint density at radius 2 is 1.56 bits per heavy atom. The Labute approximate surface area is 147 Å². The van der Waals surface area contributed by atoms with Gasteiger partial charge in [-0.2, -0.15) is 0 Å². The summed E-state index contributed by atoms with van der Waals surface area (Å²) in [5.41, 5.74) is 0.949. The predicted octanol–water partition coefficient (Wildman–Crippen LogP) is 0.0448. The van der Waals surface area contributed by atoms with Gasteiger partial charge in [-0.05, 0) is 18.6 Å². The SMILES string of the molecule is O=C1c2ccccc2C(=O)N1CN1CCN([C@H]2CCS(=O)(=O)C2)CC1. The summed E-state index contributed by atoms with van der Waals surface area (Å²) < 4.78 is 23.3. The van der Waals surface area contributed by atoms with Crippen LogP contribution >= 0.6 is 0 Å². The number of rotatable bonds is 3. The number of hydrogen-bond donors (Lipinski definition) is 0. The summed E-state index contributed by atoms with van der Waals surface area (Å²) in [6.07, 6.45) is 0.709. The molecule has 25 heavy (non-hydrogen) atoms. The molecule has 4 rings (SSSR count). The van der Waals surface area contributed by atoms with Crippen LogP contribution in [0.15, 0.2) is 24.3 Å². The van der Waals surface area contributed by atoms with Gasteiger partial charge in [-0.1, -0.05) is 12.1 Å². The van der Waals surface area contributed by atoms with Gasteiger partial charge in [0.1, 0.15) is 0 Å². The third-order valence-electron chi connectivity index (χ3n) is 5.35. The lowest BCUT2D eigenvalue weighted by molar-refractivity contribution is 0.0414. The first-order valence-corrected chi connectivity index (χ1v) is 10.4. The summed E-state index contributed by atoms with van der Waals surface area (Å²) in [5, 5.41) is 0. The van der Waals surface area contributed by atoms with Gasteiger partial charge in [-0.15, -0.1) is 0 Å². The molecule has 2 saturated heterocycles. The van der Waals surface area contributed by atoms with E-state index in [1.54, 1.807) is 24.3 Å². The highest BCUT2D eigenvalue weighted by molar-refractivity contribution is 7.91. The Bertz CT molecular complexity index is 780. The minimum Gasteiger partial charge on any atom is -0.297 e. The van der Waals surface area contributed by atoms with E-state index in [4.69, 9.17) is 0 Å². The average Bonchev–Trinajstić information content (AvgIpc) is 3.09. The van der Waals surface area contributed by atoms with Crippen LogP contribution in [0.3, 0.4) is 0 Å². The first-order valence-electron chi connectivity index (χ1n) is 8.57. The molecule has 1 aromatic carbocycles. The standard InChI is InChI=1S/C17H21N3O4S/c21-16-14-3-1-2-4-15(14)17(22)20(16)12-18-6-8-19(9-7-18)13-5-10-25(23,24)11-13/h1-4,13H,5-12H2/t13-/m0/s1. The molecule has 2 amide bonds. The normalized spacial score (nSPS) is 27.0. The highest BCUT2D eigenvalue weighted by Crippen LogP contribution is 2.24. The van der Waals surface area contributed by atoms with Crippen LogP contribution in [0.25, 0.3) is 0 Å². The molecular formula is C17H21N3O4S. The lowest BCUT2D eigenvalue weighted by atomic mass is 10.1. The Hall–Kier alpha value is -1.77. The lowest BCUT2D eigenvalue weighted by Gasteiger charge is -2.38. The third kappa shape index (κ3) is 3.09. The number of carbonyl (C=O) groups is 2. The van der Waals surface area contributed by atoms with E-state index in [9.17, 15) is 18.0 Å². The summed E-state index contributed by atoms with van der Waals surface area (Å²) in [6, 6.07) is 7.03. The second-order valence-corrected chi connectivity index (χ2v) is 9.16. The van der Waals surface area contributed by atoms with Gasteiger partial charge in [0.2, 0.25) is 0 Å². The Kier molecular flexibility index (Phi) is 4.13. The summed E-state index contributed by atoms with van der Waals surface area (Å²) in [7, 11) is -2.87. The number of nitrogens with zero attached hydrogens (tertiary/aromatic N) is 3. The topological polar surface area (TPSA) is 78.0 Å². The van der Waals surface area contributed by atoms with E-state index in [-0.39, 0.29) is 29.4 Å². The largest absolute Gasteiger partial charge is 0.297 e. The fraction of sp³-hybridized carbons (Fsp3) is 0.529. The van der Waals surface area contributed by atoms with Crippen molar-refractivity contribution in [2.45, 2.75) is 12.5 Å². The summed E-state index contributed by atoms with van der Waals surface area (Å²) in [4.78, 5) is 30.5. The molecule has 8 heteroatoms. The summed E-state index contributed by atoms with van der Waals surface area (Å²) >= 11 is 0. The first-order chi connectivity index (χ1) is 11.9. The van der Waals surface area contributed by atoms with Crippen molar-refractivity contribution in [1.82, 2.24) is 14.7 Å². The number of sulfone groups is 1. The molecular weight excluding hydrogens is 342 g/mol. The number of hydrogen-bond acceptors (Lipinski definition) is 6. The van der Waals surface area contributed by atoms with Crippen LogP contribution in [0.2, 0.25) is 0 Å². The number of piperazine rings is 1. The Balaban J connectivity index is 1.35. The maximum absolute atomic E-state index is 12.4. The molecule has 1 atom stereocenters. The highest BCUT2D eigenvalue weighted by Gasteiger charge is 2.38. The number of imide groups is 1. The maximum atomic E-state index is 12.4. The fourth-order valence-electron chi connectivity index (χ4n) is 3.90. The van der Waals surface area contributed by atoms with Crippen molar-refractivity contribution in [2.75, 3.05) is 44.4 Å². The van der Waals surface area contributed by atoms with E-state index in [1.807, 2.05) is 0 Å². The molecule has 2 fully saturated rings. The van der Waals surface area contributed by atoms with Gasteiger partial charge >= 0.3 is 0 Å². The minimum absolute atomic E-state index is 0.117. The maximum Gasteiger partial charge on any atom is 0.262 e. The van der Waals surface area contributed by atoms with E-state index in [2.05, 4.69) is 9.80 Å². The predicted molar refractivity (Wildman–Crippen MR) is 92.0 cm³/mol. The molecule has 0 aromatic heterocycles. The highest BCUT2D eigenvalue weighted by atomic mass is 32.2. The molecule has 0 N–H and O–H groups in total. The zero-order valence-corrected chi connectivity index (χ0v) is 14.7. The van der Waals surface area contributed by atoms with Gasteiger partial charge in [-0.25, -0.2) is 8.42 Å². The molecule has 0 spiro atoms. The van der Waals surface area contributed by atoms with Crippen LogP contribution in [0.1, 0.15) is 27.1 Å². The number of benzene rings is 1. The fourth-order valence-corrected chi connectivity index (χ4v) is 5.66. The molecule has 0 aliphatic carbocycles. The van der Waals surface area contributed by atoms with Crippen molar-refractivity contribution < 1.29 is 18.0 Å². The van der Waals surface area contributed by atoms with Crippen LogP contribution in [-0.2, 0) is 9.84 Å². The molecule has 134 valence electrons. The van der Waals surface area contributed by atoms with Crippen molar-refractivity contribution in [2.24, 2.45) is 0 Å². The second-order valence-electron chi connectivity index (χ2n) is 6.94. The molecule has 3 aliphatic rings. The lowest BCUT2D eigenvalue weighted by Crippen LogP contribution is -2.53. The van der Waals surface area contributed by atoms with Crippen LogP contribution in [0.5, 0.6) is 0 Å².